The van der Waals surface area contributed by atoms with Crippen LogP contribution in [0.4, 0.5) is 4.79 Å². The predicted octanol–water partition coefficient (Wildman–Crippen LogP) is 5.13. The number of nitrogens with zero attached hydrogens (tertiary/aromatic N) is 1. The molecule has 0 radical (unpaired) electrons. The van der Waals surface area contributed by atoms with Crippen LogP contribution in [0.3, 0.4) is 0 Å². The molecule has 0 aromatic heterocycles. The molecule has 0 unspecified atom stereocenters. The normalized spacial score (nSPS) is 21.1. The predicted molar refractivity (Wildman–Crippen MR) is 111 cm³/mol. The summed E-state index contributed by atoms with van der Waals surface area (Å²) >= 11 is 0. The van der Waals surface area contributed by atoms with Gasteiger partial charge in [-0.05, 0) is 37.2 Å². The highest BCUT2D eigenvalue weighted by molar-refractivity contribution is 5.95. The molecule has 27 heavy (non-hydrogen) atoms. The number of amides is 3. The van der Waals surface area contributed by atoms with E-state index in [-0.39, 0.29) is 23.3 Å². The fourth-order valence-corrected chi connectivity index (χ4v) is 4.06. The number of nitrogens with one attached hydrogen (secondary N) is 1. The molecule has 1 fully saturated rings. The van der Waals surface area contributed by atoms with E-state index in [1.807, 2.05) is 23.1 Å². The van der Waals surface area contributed by atoms with Crippen molar-refractivity contribution in [2.45, 2.75) is 71.6 Å². The molecule has 150 valence electrons. The summed E-state index contributed by atoms with van der Waals surface area (Å²) in [6.07, 6.45) is 5.68. The number of rotatable bonds is 7. The molecule has 1 saturated heterocycles. The van der Waals surface area contributed by atoms with E-state index in [1.165, 1.54) is 5.56 Å². The molecular formula is C23H36N2O2. The minimum atomic E-state index is -0.229. The third kappa shape index (κ3) is 6.08. The SMILES string of the molecule is CCC[C@@H](CCC(C)C)C(=O)NC(=O)N1CCC[C@](C)(c2ccccc2)C1. The van der Waals surface area contributed by atoms with Crippen LogP contribution >= 0.6 is 0 Å². The molecule has 2 rings (SSSR count). The average molecular weight is 373 g/mol. The van der Waals surface area contributed by atoms with Gasteiger partial charge in [-0.1, -0.05) is 70.9 Å². The van der Waals surface area contributed by atoms with Gasteiger partial charge in [0.25, 0.3) is 0 Å². The molecule has 3 amide bonds. The molecule has 0 bridgehead atoms. The van der Waals surface area contributed by atoms with Crippen molar-refractivity contribution in [1.29, 1.82) is 0 Å². The highest BCUT2D eigenvalue weighted by atomic mass is 16.2. The van der Waals surface area contributed by atoms with E-state index in [9.17, 15) is 9.59 Å². The van der Waals surface area contributed by atoms with Gasteiger partial charge in [-0.25, -0.2) is 4.79 Å². The molecule has 1 heterocycles. The van der Waals surface area contributed by atoms with Gasteiger partial charge in [0, 0.05) is 24.4 Å². The topological polar surface area (TPSA) is 49.4 Å². The molecule has 1 aliphatic heterocycles. The molecule has 1 aliphatic rings. The fourth-order valence-electron chi connectivity index (χ4n) is 4.06. The van der Waals surface area contributed by atoms with Crippen LogP contribution in [0.1, 0.15) is 71.8 Å². The summed E-state index contributed by atoms with van der Waals surface area (Å²) in [5.41, 5.74) is 1.20. The molecule has 0 spiro atoms. The van der Waals surface area contributed by atoms with E-state index in [0.29, 0.717) is 19.0 Å². The Labute approximate surface area is 164 Å². The van der Waals surface area contributed by atoms with Gasteiger partial charge in [-0.3, -0.25) is 10.1 Å². The lowest BCUT2D eigenvalue weighted by molar-refractivity contribution is -0.124. The van der Waals surface area contributed by atoms with Gasteiger partial charge in [0.05, 0.1) is 0 Å². The lowest BCUT2D eigenvalue weighted by atomic mass is 9.76. The zero-order valence-corrected chi connectivity index (χ0v) is 17.5. The maximum Gasteiger partial charge on any atom is 0.324 e. The first-order valence-corrected chi connectivity index (χ1v) is 10.5. The zero-order chi connectivity index (χ0) is 19.9. The Balaban J connectivity index is 1.98. The largest absolute Gasteiger partial charge is 0.324 e. The second-order valence-corrected chi connectivity index (χ2v) is 8.70. The molecule has 1 aromatic carbocycles. The lowest BCUT2D eigenvalue weighted by Crippen LogP contribution is -2.52. The molecule has 0 aliphatic carbocycles. The maximum atomic E-state index is 12.8. The first-order chi connectivity index (χ1) is 12.9. The third-order valence-electron chi connectivity index (χ3n) is 5.78. The number of carbonyl (C=O) groups is 2. The van der Waals surface area contributed by atoms with Crippen LogP contribution in [0, 0.1) is 11.8 Å². The van der Waals surface area contributed by atoms with Crippen LogP contribution in [0.2, 0.25) is 0 Å². The van der Waals surface area contributed by atoms with E-state index in [4.69, 9.17) is 0 Å². The third-order valence-corrected chi connectivity index (χ3v) is 5.78. The molecule has 0 saturated carbocycles. The van der Waals surface area contributed by atoms with E-state index in [2.05, 4.69) is 45.1 Å². The van der Waals surface area contributed by atoms with E-state index < -0.39 is 0 Å². The van der Waals surface area contributed by atoms with E-state index in [1.54, 1.807) is 0 Å². The van der Waals surface area contributed by atoms with Crippen molar-refractivity contribution in [3.05, 3.63) is 35.9 Å². The van der Waals surface area contributed by atoms with Crippen LogP contribution in [0.5, 0.6) is 0 Å². The number of hydrogen-bond donors (Lipinski definition) is 1. The highest BCUT2D eigenvalue weighted by Crippen LogP contribution is 2.33. The van der Waals surface area contributed by atoms with Gasteiger partial charge < -0.3 is 4.90 Å². The summed E-state index contributed by atoms with van der Waals surface area (Å²) in [7, 11) is 0. The average Bonchev–Trinajstić information content (AvgIpc) is 2.65. The Morgan fingerprint density at radius 3 is 2.48 bits per heavy atom. The number of benzene rings is 1. The standard InChI is InChI=1S/C23H36N2O2/c1-5-10-19(14-13-18(2)3)21(26)24-22(27)25-16-9-15-23(4,17-25)20-11-7-6-8-12-20/h6-8,11-12,18-19H,5,9-10,13-17H2,1-4H3,(H,24,26,27)/t19-,23-/m0/s1. The van der Waals surface area contributed by atoms with Crippen molar-refractivity contribution in [3.8, 4) is 0 Å². The number of hydrogen-bond acceptors (Lipinski definition) is 2. The zero-order valence-electron chi connectivity index (χ0n) is 17.5. The smallest absolute Gasteiger partial charge is 0.324 e. The second-order valence-electron chi connectivity index (χ2n) is 8.70. The van der Waals surface area contributed by atoms with E-state index >= 15 is 0 Å². The van der Waals surface area contributed by atoms with Gasteiger partial charge >= 0.3 is 6.03 Å². The summed E-state index contributed by atoms with van der Waals surface area (Å²) in [5, 5.41) is 2.70. The van der Waals surface area contributed by atoms with Crippen molar-refractivity contribution in [1.82, 2.24) is 10.2 Å². The van der Waals surface area contributed by atoms with Crippen LogP contribution in [-0.2, 0) is 10.2 Å². The minimum Gasteiger partial charge on any atom is -0.324 e. The van der Waals surface area contributed by atoms with Crippen molar-refractivity contribution in [3.63, 3.8) is 0 Å². The van der Waals surface area contributed by atoms with Gasteiger partial charge in [0.15, 0.2) is 0 Å². The number of urea groups is 1. The highest BCUT2D eigenvalue weighted by Gasteiger charge is 2.35. The Bertz CT molecular complexity index is 614. The fraction of sp³-hybridized carbons (Fsp3) is 0.652. The minimum absolute atomic E-state index is 0.0552. The number of piperidine rings is 1. The molecule has 4 heteroatoms. The Morgan fingerprint density at radius 2 is 1.85 bits per heavy atom. The molecular weight excluding hydrogens is 336 g/mol. The quantitative estimate of drug-likeness (QED) is 0.721. The lowest BCUT2D eigenvalue weighted by Gasteiger charge is -2.40. The van der Waals surface area contributed by atoms with Crippen LogP contribution < -0.4 is 5.32 Å². The Morgan fingerprint density at radius 1 is 1.15 bits per heavy atom. The number of likely N-dealkylation sites (tertiary alicyclic amines) is 1. The molecule has 2 atom stereocenters. The first kappa shape index (κ1) is 21.5. The maximum absolute atomic E-state index is 12.8. The first-order valence-electron chi connectivity index (χ1n) is 10.5. The summed E-state index contributed by atoms with van der Waals surface area (Å²) in [6.45, 7) is 10.0. The second kappa shape index (κ2) is 9.91. The molecule has 1 aromatic rings. The van der Waals surface area contributed by atoms with Gasteiger partial charge in [-0.2, -0.15) is 0 Å². The molecule has 4 nitrogen and oxygen atoms in total. The van der Waals surface area contributed by atoms with Gasteiger partial charge in [0.1, 0.15) is 0 Å². The summed E-state index contributed by atoms with van der Waals surface area (Å²) in [4.78, 5) is 27.3. The van der Waals surface area contributed by atoms with Crippen molar-refractivity contribution < 1.29 is 9.59 Å². The van der Waals surface area contributed by atoms with Crippen LogP contribution in [0.15, 0.2) is 30.3 Å². The molecule has 1 N–H and O–H groups in total. The summed E-state index contributed by atoms with van der Waals surface area (Å²) < 4.78 is 0. The van der Waals surface area contributed by atoms with Gasteiger partial charge in [-0.15, -0.1) is 0 Å². The Hall–Kier alpha value is -1.84. The number of carbonyl (C=O) groups excluding carboxylic acids is 2. The van der Waals surface area contributed by atoms with Crippen molar-refractivity contribution in [2.24, 2.45) is 11.8 Å². The monoisotopic (exact) mass is 372 g/mol. The number of imide groups is 1. The van der Waals surface area contributed by atoms with Gasteiger partial charge in [0.2, 0.25) is 5.91 Å². The Kier molecular flexibility index (Phi) is 7.88. The van der Waals surface area contributed by atoms with Crippen molar-refractivity contribution in [2.75, 3.05) is 13.1 Å². The van der Waals surface area contributed by atoms with Crippen LogP contribution in [-0.4, -0.2) is 29.9 Å². The van der Waals surface area contributed by atoms with E-state index in [0.717, 1.165) is 38.5 Å². The summed E-state index contributed by atoms with van der Waals surface area (Å²) in [6, 6.07) is 10.2. The van der Waals surface area contributed by atoms with Crippen molar-refractivity contribution >= 4 is 11.9 Å². The summed E-state index contributed by atoms with van der Waals surface area (Å²) in [5.74, 6) is 0.405. The van der Waals surface area contributed by atoms with Crippen LogP contribution in [0.25, 0.3) is 0 Å².